The van der Waals surface area contributed by atoms with Gasteiger partial charge in [-0.05, 0) is 57.5 Å². The number of rotatable bonds is 3. The number of aryl methyl sites for hydroxylation is 1. The standard InChI is InChI=1S/C16H23N3O2/c1-12-5-3-4-6-14(12)18-16(21)15(20)17-11-13-7-9-19(2)10-8-13/h3-6,13H,7-11H2,1-2H3,(H,17,20)(H,18,21). The van der Waals surface area contributed by atoms with Crippen LogP contribution in [0.15, 0.2) is 24.3 Å². The molecule has 2 rings (SSSR count). The zero-order chi connectivity index (χ0) is 15.2. The number of likely N-dealkylation sites (tertiary alicyclic amines) is 1. The van der Waals surface area contributed by atoms with Gasteiger partial charge in [-0.1, -0.05) is 18.2 Å². The average molecular weight is 289 g/mol. The Morgan fingerprint density at radius 2 is 1.86 bits per heavy atom. The van der Waals surface area contributed by atoms with Gasteiger partial charge >= 0.3 is 11.8 Å². The lowest BCUT2D eigenvalue weighted by molar-refractivity contribution is -0.136. The number of amides is 2. The highest BCUT2D eigenvalue weighted by Gasteiger charge is 2.19. The number of nitrogens with one attached hydrogen (secondary N) is 2. The van der Waals surface area contributed by atoms with Crippen molar-refractivity contribution in [3.63, 3.8) is 0 Å². The van der Waals surface area contributed by atoms with Gasteiger partial charge < -0.3 is 15.5 Å². The van der Waals surface area contributed by atoms with Gasteiger partial charge in [0, 0.05) is 12.2 Å². The van der Waals surface area contributed by atoms with Gasteiger partial charge in [0.1, 0.15) is 0 Å². The van der Waals surface area contributed by atoms with Gasteiger partial charge in [-0.2, -0.15) is 0 Å². The van der Waals surface area contributed by atoms with Crippen molar-refractivity contribution in [2.45, 2.75) is 19.8 Å². The van der Waals surface area contributed by atoms with Crippen LogP contribution >= 0.6 is 0 Å². The summed E-state index contributed by atoms with van der Waals surface area (Å²) >= 11 is 0. The number of nitrogens with zero attached hydrogens (tertiary/aromatic N) is 1. The molecule has 114 valence electrons. The average Bonchev–Trinajstić information content (AvgIpc) is 2.48. The van der Waals surface area contributed by atoms with E-state index in [0.29, 0.717) is 18.2 Å². The van der Waals surface area contributed by atoms with Crippen molar-refractivity contribution < 1.29 is 9.59 Å². The van der Waals surface area contributed by atoms with E-state index in [2.05, 4.69) is 22.6 Å². The van der Waals surface area contributed by atoms with E-state index >= 15 is 0 Å². The Kier molecular flexibility index (Phi) is 5.33. The maximum absolute atomic E-state index is 11.9. The Balaban J connectivity index is 1.78. The molecule has 0 spiro atoms. The number of hydrogen-bond acceptors (Lipinski definition) is 3. The highest BCUT2D eigenvalue weighted by Crippen LogP contribution is 2.15. The first-order chi connectivity index (χ1) is 10.1. The Bertz CT molecular complexity index is 508. The van der Waals surface area contributed by atoms with Crippen molar-refractivity contribution >= 4 is 17.5 Å². The van der Waals surface area contributed by atoms with Crippen LogP contribution < -0.4 is 10.6 Å². The molecule has 21 heavy (non-hydrogen) atoms. The van der Waals surface area contributed by atoms with Crippen molar-refractivity contribution in [1.29, 1.82) is 0 Å². The molecule has 1 saturated heterocycles. The first kappa shape index (κ1) is 15.5. The molecule has 5 nitrogen and oxygen atoms in total. The Hall–Kier alpha value is -1.88. The minimum atomic E-state index is -0.600. The normalized spacial score (nSPS) is 16.5. The van der Waals surface area contributed by atoms with Crippen LogP contribution in [0.1, 0.15) is 18.4 Å². The third-order valence-electron chi connectivity index (χ3n) is 3.99. The summed E-state index contributed by atoms with van der Waals surface area (Å²) in [4.78, 5) is 26.0. The largest absolute Gasteiger partial charge is 0.348 e. The van der Waals surface area contributed by atoms with E-state index < -0.39 is 11.8 Å². The fraction of sp³-hybridized carbons (Fsp3) is 0.500. The van der Waals surface area contributed by atoms with E-state index in [9.17, 15) is 9.59 Å². The lowest BCUT2D eigenvalue weighted by Crippen LogP contribution is -2.41. The smallest absolute Gasteiger partial charge is 0.313 e. The highest BCUT2D eigenvalue weighted by atomic mass is 16.2. The lowest BCUT2D eigenvalue weighted by Gasteiger charge is -2.28. The summed E-state index contributed by atoms with van der Waals surface area (Å²) in [6.45, 7) is 4.58. The van der Waals surface area contributed by atoms with E-state index in [-0.39, 0.29) is 0 Å². The fourth-order valence-corrected chi connectivity index (χ4v) is 2.48. The highest BCUT2D eigenvalue weighted by molar-refractivity contribution is 6.39. The van der Waals surface area contributed by atoms with Gasteiger partial charge in [0.15, 0.2) is 0 Å². The Morgan fingerprint density at radius 1 is 1.19 bits per heavy atom. The predicted molar refractivity (Wildman–Crippen MR) is 83.0 cm³/mol. The van der Waals surface area contributed by atoms with Crippen LogP contribution in [0.3, 0.4) is 0 Å². The van der Waals surface area contributed by atoms with Gasteiger partial charge in [-0.25, -0.2) is 0 Å². The molecule has 1 fully saturated rings. The summed E-state index contributed by atoms with van der Waals surface area (Å²) < 4.78 is 0. The molecule has 5 heteroatoms. The molecule has 1 aliphatic heterocycles. The minimum absolute atomic E-state index is 0.469. The first-order valence-corrected chi connectivity index (χ1v) is 7.39. The number of para-hydroxylation sites is 1. The second-order valence-electron chi connectivity index (χ2n) is 5.73. The molecular formula is C16H23N3O2. The molecule has 0 unspecified atom stereocenters. The van der Waals surface area contributed by atoms with Crippen LogP contribution in [-0.4, -0.2) is 43.4 Å². The summed E-state index contributed by atoms with van der Waals surface area (Å²) in [7, 11) is 2.10. The maximum atomic E-state index is 11.9. The van der Waals surface area contributed by atoms with Crippen molar-refractivity contribution in [2.24, 2.45) is 5.92 Å². The van der Waals surface area contributed by atoms with Crippen molar-refractivity contribution in [2.75, 3.05) is 32.0 Å². The van der Waals surface area contributed by atoms with E-state index in [0.717, 1.165) is 31.5 Å². The molecule has 1 aromatic carbocycles. The second kappa shape index (κ2) is 7.22. The van der Waals surface area contributed by atoms with Crippen LogP contribution in [0.5, 0.6) is 0 Å². The minimum Gasteiger partial charge on any atom is -0.348 e. The zero-order valence-electron chi connectivity index (χ0n) is 12.7. The van der Waals surface area contributed by atoms with Crippen LogP contribution in [0.25, 0.3) is 0 Å². The van der Waals surface area contributed by atoms with Crippen LogP contribution in [0, 0.1) is 12.8 Å². The molecule has 0 atom stereocenters. The molecule has 2 N–H and O–H groups in total. The molecule has 0 saturated carbocycles. The molecule has 0 bridgehead atoms. The molecule has 0 aromatic heterocycles. The summed E-state index contributed by atoms with van der Waals surface area (Å²) in [5.74, 6) is -0.689. The lowest BCUT2D eigenvalue weighted by atomic mass is 9.97. The SMILES string of the molecule is Cc1ccccc1NC(=O)C(=O)NCC1CCN(C)CC1. The maximum Gasteiger partial charge on any atom is 0.313 e. The summed E-state index contributed by atoms with van der Waals surface area (Å²) in [5.41, 5.74) is 1.62. The number of piperidine rings is 1. The molecule has 1 aliphatic rings. The van der Waals surface area contributed by atoms with Gasteiger partial charge in [-0.15, -0.1) is 0 Å². The van der Waals surface area contributed by atoms with Crippen LogP contribution in [0.2, 0.25) is 0 Å². The molecule has 0 radical (unpaired) electrons. The third-order valence-corrected chi connectivity index (χ3v) is 3.99. The summed E-state index contributed by atoms with van der Waals surface area (Å²) in [6.07, 6.45) is 2.13. The molecule has 2 amide bonds. The molecule has 0 aliphatic carbocycles. The molecule has 1 heterocycles. The number of carbonyl (C=O) groups excluding carboxylic acids is 2. The number of anilines is 1. The topological polar surface area (TPSA) is 61.4 Å². The van der Waals surface area contributed by atoms with Gasteiger partial charge in [0.05, 0.1) is 0 Å². The fourth-order valence-electron chi connectivity index (χ4n) is 2.48. The Morgan fingerprint density at radius 3 is 2.52 bits per heavy atom. The van der Waals surface area contributed by atoms with E-state index in [1.54, 1.807) is 6.07 Å². The molecule has 1 aromatic rings. The Labute approximate surface area is 125 Å². The third kappa shape index (κ3) is 4.56. The predicted octanol–water partition coefficient (Wildman–Crippen LogP) is 1.39. The van der Waals surface area contributed by atoms with Gasteiger partial charge in [-0.3, -0.25) is 9.59 Å². The summed E-state index contributed by atoms with van der Waals surface area (Å²) in [5, 5.41) is 5.38. The van der Waals surface area contributed by atoms with Crippen molar-refractivity contribution in [3.8, 4) is 0 Å². The van der Waals surface area contributed by atoms with Gasteiger partial charge in [0.25, 0.3) is 0 Å². The van der Waals surface area contributed by atoms with E-state index in [4.69, 9.17) is 0 Å². The molecular weight excluding hydrogens is 266 g/mol. The van der Waals surface area contributed by atoms with Crippen molar-refractivity contribution in [1.82, 2.24) is 10.2 Å². The van der Waals surface area contributed by atoms with Crippen molar-refractivity contribution in [3.05, 3.63) is 29.8 Å². The van der Waals surface area contributed by atoms with E-state index in [1.165, 1.54) is 0 Å². The first-order valence-electron chi connectivity index (χ1n) is 7.39. The van der Waals surface area contributed by atoms with Gasteiger partial charge in [0.2, 0.25) is 0 Å². The summed E-state index contributed by atoms with van der Waals surface area (Å²) in [6, 6.07) is 7.41. The number of benzene rings is 1. The quantitative estimate of drug-likeness (QED) is 0.827. The zero-order valence-corrected chi connectivity index (χ0v) is 12.7. The van der Waals surface area contributed by atoms with E-state index in [1.807, 2.05) is 25.1 Å². The van der Waals surface area contributed by atoms with Crippen LogP contribution in [0.4, 0.5) is 5.69 Å². The number of carbonyl (C=O) groups is 2. The number of hydrogen-bond donors (Lipinski definition) is 2. The monoisotopic (exact) mass is 289 g/mol. The second-order valence-corrected chi connectivity index (χ2v) is 5.73. The van der Waals surface area contributed by atoms with Crippen LogP contribution in [-0.2, 0) is 9.59 Å².